The third-order valence-electron chi connectivity index (χ3n) is 2.34. The van der Waals surface area contributed by atoms with Crippen LogP contribution >= 0.6 is 0 Å². The van der Waals surface area contributed by atoms with Crippen molar-refractivity contribution in [3.8, 4) is 0 Å². The fraction of sp³-hybridized carbons (Fsp3) is 0.625. The van der Waals surface area contributed by atoms with Crippen LogP contribution in [-0.4, -0.2) is 47.2 Å². The molecule has 0 saturated heterocycles. The minimum Gasteiger partial charge on any atom is -0.395 e. The highest BCUT2D eigenvalue weighted by molar-refractivity contribution is 7.89. The summed E-state index contributed by atoms with van der Waals surface area (Å²) in [6.07, 6.45) is 3.14. The van der Waals surface area contributed by atoms with Gasteiger partial charge in [0.15, 0.2) is 5.03 Å². The van der Waals surface area contributed by atoms with Crippen molar-refractivity contribution >= 4 is 10.0 Å². The molecule has 0 bridgehead atoms. The van der Waals surface area contributed by atoms with Crippen molar-refractivity contribution in [2.45, 2.75) is 23.9 Å². The van der Waals surface area contributed by atoms with Crippen molar-refractivity contribution in [2.24, 2.45) is 0 Å². The van der Waals surface area contributed by atoms with Crippen LogP contribution in [0.2, 0.25) is 0 Å². The Kier molecular flexibility index (Phi) is 2.76. The molecule has 0 spiro atoms. The van der Waals surface area contributed by atoms with Crippen LogP contribution in [0.3, 0.4) is 0 Å². The molecular weight excluding hydrogens is 218 g/mol. The summed E-state index contributed by atoms with van der Waals surface area (Å²) in [6.45, 7) is -0.0180. The third-order valence-corrected chi connectivity index (χ3v) is 4.22. The minimum absolute atomic E-state index is 0.0467. The number of hydrogen-bond acceptors (Lipinski definition) is 4. The first-order valence-corrected chi connectivity index (χ1v) is 6.22. The van der Waals surface area contributed by atoms with E-state index in [-0.39, 0.29) is 24.2 Å². The predicted octanol–water partition coefficient (Wildman–Crippen LogP) is -0.445. The number of aromatic amines is 1. The van der Waals surface area contributed by atoms with Gasteiger partial charge in [-0.05, 0) is 18.9 Å². The zero-order valence-electron chi connectivity index (χ0n) is 8.13. The zero-order valence-corrected chi connectivity index (χ0v) is 8.94. The van der Waals surface area contributed by atoms with Crippen molar-refractivity contribution in [3.63, 3.8) is 0 Å². The number of nitrogens with one attached hydrogen (secondary N) is 1. The second-order valence-electron chi connectivity index (χ2n) is 3.49. The van der Waals surface area contributed by atoms with Gasteiger partial charge in [0.05, 0.1) is 12.8 Å². The second-order valence-corrected chi connectivity index (χ2v) is 5.35. The molecule has 1 heterocycles. The molecule has 0 amide bonds. The number of aromatic nitrogens is 2. The molecule has 1 saturated carbocycles. The summed E-state index contributed by atoms with van der Waals surface area (Å²) in [4.78, 5) is 0. The van der Waals surface area contributed by atoms with Crippen molar-refractivity contribution in [1.82, 2.24) is 14.5 Å². The molecule has 1 fully saturated rings. The van der Waals surface area contributed by atoms with E-state index in [1.54, 1.807) is 0 Å². The molecule has 7 heteroatoms. The average molecular weight is 231 g/mol. The summed E-state index contributed by atoms with van der Waals surface area (Å²) in [5.74, 6) is 0. The molecule has 1 aliphatic carbocycles. The molecule has 1 aromatic rings. The number of hydrogen-bond donors (Lipinski definition) is 2. The molecule has 0 unspecified atom stereocenters. The van der Waals surface area contributed by atoms with Gasteiger partial charge < -0.3 is 5.11 Å². The monoisotopic (exact) mass is 231 g/mol. The van der Waals surface area contributed by atoms with Gasteiger partial charge in [-0.2, -0.15) is 9.40 Å². The maximum Gasteiger partial charge on any atom is 0.260 e. The predicted molar refractivity (Wildman–Crippen MR) is 52.6 cm³/mol. The quantitative estimate of drug-likeness (QED) is 0.719. The van der Waals surface area contributed by atoms with Crippen LogP contribution in [-0.2, 0) is 10.0 Å². The Balaban J connectivity index is 2.26. The van der Waals surface area contributed by atoms with E-state index in [1.807, 2.05) is 0 Å². The lowest BCUT2D eigenvalue weighted by molar-refractivity contribution is 0.250. The van der Waals surface area contributed by atoms with Crippen LogP contribution in [0.1, 0.15) is 12.8 Å². The Morgan fingerprint density at radius 3 is 2.80 bits per heavy atom. The molecule has 15 heavy (non-hydrogen) atoms. The van der Waals surface area contributed by atoms with Crippen LogP contribution in [0.25, 0.3) is 0 Å². The first kappa shape index (κ1) is 10.6. The Morgan fingerprint density at radius 1 is 1.60 bits per heavy atom. The van der Waals surface area contributed by atoms with Crippen molar-refractivity contribution in [2.75, 3.05) is 13.2 Å². The minimum atomic E-state index is -3.50. The summed E-state index contributed by atoms with van der Waals surface area (Å²) in [7, 11) is -3.50. The van der Waals surface area contributed by atoms with Gasteiger partial charge in [0.25, 0.3) is 10.0 Å². The van der Waals surface area contributed by atoms with E-state index >= 15 is 0 Å². The van der Waals surface area contributed by atoms with Crippen molar-refractivity contribution in [1.29, 1.82) is 0 Å². The molecule has 0 aromatic carbocycles. The number of nitrogens with zero attached hydrogens (tertiary/aromatic N) is 2. The molecule has 6 nitrogen and oxygen atoms in total. The summed E-state index contributed by atoms with van der Waals surface area (Å²) in [5.41, 5.74) is 0. The fourth-order valence-corrected chi connectivity index (χ4v) is 3.05. The van der Waals surface area contributed by atoms with Gasteiger partial charge >= 0.3 is 0 Å². The first-order valence-electron chi connectivity index (χ1n) is 4.78. The summed E-state index contributed by atoms with van der Waals surface area (Å²) < 4.78 is 25.4. The Labute approximate surface area is 88.0 Å². The number of aliphatic hydroxyl groups is 1. The average Bonchev–Trinajstić information content (AvgIpc) is 2.86. The normalized spacial score (nSPS) is 17.2. The highest BCUT2D eigenvalue weighted by Crippen LogP contribution is 2.30. The lowest BCUT2D eigenvalue weighted by Gasteiger charge is -2.19. The Hall–Kier alpha value is -0.920. The van der Waals surface area contributed by atoms with E-state index in [0.717, 1.165) is 12.8 Å². The van der Waals surface area contributed by atoms with Crippen molar-refractivity contribution < 1.29 is 13.5 Å². The van der Waals surface area contributed by atoms with Gasteiger partial charge in [0, 0.05) is 12.6 Å². The van der Waals surface area contributed by atoms with E-state index in [1.165, 1.54) is 16.6 Å². The SMILES string of the molecule is O=S(=O)(c1ccn[nH]1)N(CCO)C1CC1. The molecular formula is C8H13N3O3S. The summed E-state index contributed by atoms with van der Waals surface area (Å²) in [6, 6.07) is 1.47. The molecule has 1 aliphatic rings. The zero-order chi connectivity index (χ0) is 10.9. The standard InChI is InChI=1S/C8H13N3O3S/c12-6-5-11(7-1-2-7)15(13,14)8-3-4-9-10-8/h3-4,7,12H,1-2,5-6H2,(H,9,10). The molecule has 1 aromatic heterocycles. The maximum atomic E-state index is 12.0. The number of sulfonamides is 1. The summed E-state index contributed by atoms with van der Waals surface area (Å²) in [5, 5.41) is 15.0. The fourth-order valence-electron chi connectivity index (χ4n) is 1.47. The Morgan fingerprint density at radius 2 is 2.33 bits per heavy atom. The van der Waals surface area contributed by atoms with Gasteiger partial charge in [-0.3, -0.25) is 5.10 Å². The van der Waals surface area contributed by atoms with Gasteiger partial charge in [-0.1, -0.05) is 0 Å². The van der Waals surface area contributed by atoms with Gasteiger partial charge in [0.1, 0.15) is 0 Å². The second kappa shape index (κ2) is 3.92. The number of rotatable bonds is 5. The van der Waals surface area contributed by atoms with Crippen LogP contribution in [0.15, 0.2) is 17.3 Å². The van der Waals surface area contributed by atoms with E-state index in [4.69, 9.17) is 5.11 Å². The number of H-pyrrole nitrogens is 1. The van der Waals surface area contributed by atoms with Crippen LogP contribution in [0.4, 0.5) is 0 Å². The highest BCUT2D eigenvalue weighted by atomic mass is 32.2. The van der Waals surface area contributed by atoms with E-state index < -0.39 is 10.0 Å². The molecule has 84 valence electrons. The molecule has 2 N–H and O–H groups in total. The van der Waals surface area contributed by atoms with Crippen molar-refractivity contribution in [3.05, 3.63) is 12.3 Å². The maximum absolute atomic E-state index is 12.0. The van der Waals surface area contributed by atoms with E-state index in [9.17, 15) is 8.42 Å². The third kappa shape index (κ3) is 2.04. The molecule has 0 atom stereocenters. The van der Waals surface area contributed by atoms with Gasteiger partial charge in [0.2, 0.25) is 0 Å². The van der Waals surface area contributed by atoms with Crippen LogP contribution in [0, 0.1) is 0 Å². The van der Waals surface area contributed by atoms with E-state index in [2.05, 4.69) is 10.2 Å². The Bertz CT molecular complexity index is 410. The lowest BCUT2D eigenvalue weighted by atomic mass is 10.6. The topological polar surface area (TPSA) is 86.3 Å². The van der Waals surface area contributed by atoms with E-state index in [0.29, 0.717) is 0 Å². The summed E-state index contributed by atoms with van der Waals surface area (Å²) >= 11 is 0. The number of aliphatic hydroxyl groups excluding tert-OH is 1. The molecule has 2 rings (SSSR count). The van der Waals surface area contributed by atoms with Gasteiger partial charge in [-0.15, -0.1) is 0 Å². The molecule has 0 radical (unpaired) electrons. The van der Waals surface area contributed by atoms with Gasteiger partial charge in [-0.25, -0.2) is 8.42 Å². The van der Waals surface area contributed by atoms with Crippen LogP contribution in [0.5, 0.6) is 0 Å². The largest absolute Gasteiger partial charge is 0.395 e. The first-order chi connectivity index (χ1) is 7.16. The lowest BCUT2D eigenvalue weighted by Crippen LogP contribution is -2.35. The highest BCUT2D eigenvalue weighted by Gasteiger charge is 2.38. The molecule has 0 aliphatic heterocycles. The smallest absolute Gasteiger partial charge is 0.260 e. The van der Waals surface area contributed by atoms with Crippen LogP contribution < -0.4 is 0 Å².